The zero-order valence-electron chi connectivity index (χ0n) is 20.1. The van der Waals surface area contributed by atoms with Crippen LogP contribution in [0.3, 0.4) is 0 Å². The molecular formula is C26H25F6N3O2S. The number of amides is 1. The molecule has 1 unspecified atom stereocenters. The van der Waals surface area contributed by atoms with Crippen LogP contribution in [0.4, 0.5) is 26.3 Å². The monoisotopic (exact) mass is 557 g/mol. The molecule has 5 nitrogen and oxygen atoms in total. The number of fused-ring (bicyclic) bond motifs is 1. The number of benzene rings is 2. The maximum absolute atomic E-state index is 13.4. The minimum Gasteiger partial charge on any atom is -0.352 e. The molecule has 1 saturated carbocycles. The molecule has 2 N–H and O–H groups in total. The summed E-state index contributed by atoms with van der Waals surface area (Å²) in [6.45, 7) is 1.18. The number of carbonyl (C=O) groups excluding carboxylic acids is 1. The number of aromatic amines is 1. The van der Waals surface area contributed by atoms with Crippen LogP contribution in [0, 0.1) is 11.3 Å². The number of rotatable bonds is 7. The number of nitrogens with one attached hydrogen (secondary N) is 2. The van der Waals surface area contributed by atoms with Gasteiger partial charge in [-0.3, -0.25) is 14.5 Å². The van der Waals surface area contributed by atoms with Crippen molar-refractivity contribution < 1.29 is 31.1 Å². The highest BCUT2D eigenvalue weighted by molar-refractivity contribution is 7.16. The molecular weight excluding hydrogens is 532 g/mol. The van der Waals surface area contributed by atoms with Crippen molar-refractivity contribution in [2.24, 2.45) is 11.3 Å². The van der Waals surface area contributed by atoms with Crippen molar-refractivity contribution in [3.05, 3.63) is 68.3 Å². The average Bonchev–Trinajstić information content (AvgIpc) is 3.42. The van der Waals surface area contributed by atoms with E-state index in [0.29, 0.717) is 50.5 Å². The van der Waals surface area contributed by atoms with Gasteiger partial charge in [-0.1, -0.05) is 30.2 Å². The highest BCUT2D eigenvalue weighted by Gasteiger charge is 2.47. The maximum Gasteiger partial charge on any atom is 0.416 e. The Morgan fingerprint density at radius 1 is 1.03 bits per heavy atom. The van der Waals surface area contributed by atoms with E-state index in [9.17, 15) is 35.9 Å². The van der Waals surface area contributed by atoms with Gasteiger partial charge in [-0.15, -0.1) is 0 Å². The van der Waals surface area contributed by atoms with Gasteiger partial charge in [-0.05, 0) is 66.8 Å². The predicted molar refractivity (Wildman–Crippen MR) is 130 cm³/mol. The summed E-state index contributed by atoms with van der Waals surface area (Å²) in [7, 11) is 0. The number of halogens is 6. The first-order chi connectivity index (χ1) is 17.8. The molecule has 2 aromatic carbocycles. The summed E-state index contributed by atoms with van der Waals surface area (Å²) in [5.74, 6) is 0.0359. The Labute approximate surface area is 217 Å². The zero-order valence-corrected chi connectivity index (χ0v) is 21.0. The van der Waals surface area contributed by atoms with Gasteiger partial charge in [0, 0.05) is 19.6 Å². The molecule has 1 aromatic heterocycles. The van der Waals surface area contributed by atoms with Crippen molar-refractivity contribution in [2.75, 3.05) is 13.1 Å². The molecule has 38 heavy (non-hydrogen) atoms. The van der Waals surface area contributed by atoms with Gasteiger partial charge in [0.2, 0.25) is 5.91 Å². The highest BCUT2D eigenvalue weighted by Crippen LogP contribution is 2.46. The van der Waals surface area contributed by atoms with Crippen LogP contribution in [-0.2, 0) is 30.2 Å². The van der Waals surface area contributed by atoms with Crippen LogP contribution >= 0.6 is 11.3 Å². The summed E-state index contributed by atoms with van der Waals surface area (Å²) >= 11 is 1.13. The third-order valence-corrected chi connectivity index (χ3v) is 8.14. The summed E-state index contributed by atoms with van der Waals surface area (Å²) in [4.78, 5) is 29.8. The average molecular weight is 558 g/mol. The number of alkyl halides is 6. The van der Waals surface area contributed by atoms with Crippen LogP contribution in [0.5, 0.6) is 0 Å². The number of carbonyl (C=O) groups is 1. The molecule has 1 saturated heterocycles. The molecule has 5 rings (SSSR count). The van der Waals surface area contributed by atoms with E-state index in [2.05, 4.69) is 15.2 Å². The van der Waals surface area contributed by atoms with E-state index in [1.54, 1.807) is 0 Å². The van der Waals surface area contributed by atoms with E-state index in [4.69, 9.17) is 0 Å². The third-order valence-electron chi connectivity index (χ3n) is 7.28. The largest absolute Gasteiger partial charge is 0.416 e. The molecule has 1 aliphatic heterocycles. The fraction of sp³-hybridized carbons (Fsp3) is 0.462. The lowest BCUT2D eigenvalue weighted by molar-refractivity contribution is -0.143. The lowest BCUT2D eigenvalue weighted by Crippen LogP contribution is -2.43. The molecule has 1 amide bonds. The van der Waals surface area contributed by atoms with E-state index < -0.39 is 35.4 Å². The smallest absolute Gasteiger partial charge is 0.352 e. The van der Waals surface area contributed by atoms with Crippen LogP contribution in [-0.4, -0.2) is 28.9 Å². The van der Waals surface area contributed by atoms with Crippen LogP contribution < -0.4 is 10.2 Å². The van der Waals surface area contributed by atoms with Crippen LogP contribution in [0.2, 0.25) is 0 Å². The molecule has 3 aromatic rings. The maximum atomic E-state index is 13.4. The first-order valence-corrected chi connectivity index (χ1v) is 13.0. The summed E-state index contributed by atoms with van der Waals surface area (Å²) in [5, 5.41) is 2.64. The van der Waals surface area contributed by atoms with Crippen molar-refractivity contribution in [3.63, 3.8) is 0 Å². The summed E-state index contributed by atoms with van der Waals surface area (Å²) in [5.41, 5.74) is -2.11. The van der Waals surface area contributed by atoms with Crippen molar-refractivity contribution in [3.8, 4) is 0 Å². The summed E-state index contributed by atoms with van der Waals surface area (Å²) < 4.78 is 80.2. The van der Waals surface area contributed by atoms with Crippen molar-refractivity contribution in [2.45, 2.75) is 51.1 Å². The molecule has 2 fully saturated rings. The Balaban J connectivity index is 1.31. The lowest BCUT2D eigenvalue weighted by atomic mass is 9.80. The van der Waals surface area contributed by atoms with Gasteiger partial charge in [-0.2, -0.15) is 26.3 Å². The summed E-state index contributed by atoms with van der Waals surface area (Å²) in [6, 6.07) is 7.08. The lowest BCUT2D eigenvalue weighted by Gasteiger charge is -2.29. The third kappa shape index (κ3) is 5.90. The second-order valence-electron chi connectivity index (χ2n) is 10.3. The standard InChI is InChI=1S/C26H25F6N3O2S/c27-25(28,29)18-7-17(8-19(10-18)26(30,31)32)12-33-22(36)24(11-15-1-2-15)5-6-35(14-24)13-16-3-4-21-20(9-16)34-23(37)38-21/h3-4,7-10,15H,1-2,5-6,11-14H2,(H,33,36)(H,34,37). The Morgan fingerprint density at radius 2 is 1.71 bits per heavy atom. The van der Waals surface area contributed by atoms with Crippen LogP contribution in [0.1, 0.15) is 47.9 Å². The van der Waals surface area contributed by atoms with Gasteiger partial charge in [0.15, 0.2) is 0 Å². The number of hydrogen-bond donors (Lipinski definition) is 2. The molecule has 2 heterocycles. The van der Waals surface area contributed by atoms with Crippen molar-refractivity contribution >= 4 is 27.5 Å². The van der Waals surface area contributed by atoms with Gasteiger partial charge < -0.3 is 10.3 Å². The number of likely N-dealkylation sites (tertiary alicyclic amines) is 1. The second-order valence-corrected chi connectivity index (χ2v) is 11.3. The first-order valence-electron chi connectivity index (χ1n) is 12.2. The van der Waals surface area contributed by atoms with Crippen LogP contribution in [0.15, 0.2) is 41.2 Å². The van der Waals surface area contributed by atoms with Gasteiger partial charge in [-0.25, -0.2) is 0 Å². The molecule has 2 aliphatic rings. The van der Waals surface area contributed by atoms with Gasteiger partial charge >= 0.3 is 17.2 Å². The first kappa shape index (κ1) is 26.7. The van der Waals surface area contributed by atoms with Crippen molar-refractivity contribution in [1.29, 1.82) is 0 Å². The molecule has 0 bridgehead atoms. The fourth-order valence-corrected chi connectivity index (χ4v) is 5.98. The van der Waals surface area contributed by atoms with E-state index in [1.807, 2.05) is 18.2 Å². The van der Waals surface area contributed by atoms with E-state index in [1.165, 1.54) is 0 Å². The van der Waals surface area contributed by atoms with Crippen LogP contribution in [0.25, 0.3) is 10.2 Å². The normalized spacial score (nSPS) is 20.8. The summed E-state index contributed by atoms with van der Waals surface area (Å²) in [6.07, 6.45) is -6.72. The van der Waals surface area contributed by atoms with E-state index >= 15 is 0 Å². The van der Waals surface area contributed by atoms with Gasteiger partial charge in [0.25, 0.3) is 0 Å². The number of thiazole rings is 1. The Kier molecular flexibility index (Phi) is 6.83. The Bertz CT molecular complexity index is 1380. The number of aromatic nitrogens is 1. The molecule has 1 atom stereocenters. The minimum atomic E-state index is -4.95. The molecule has 0 spiro atoms. The number of hydrogen-bond acceptors (Lipinski definition) is 4. The number of nitrogens with zero attached hydrogens (tertiary/aromatic N) is 1. The minimum absolute atomic E-state index is 0.0812. The quantitative estimate of drug-likeness (QED) is 0.354. The Morgan fingerprint density at radius 3 is 2.34 bits per heavy atom. The topological polar surface area (TPSA) is 65.2 Å². The molecule has 0 radical (unpaired) electrons. The SMILES string of the molecule is O=C(NCc1cc(C(F)(F)F)cc(C(F)(F)F)c1)C1(CC2CC2)CCN(Cc2ccc3sc(=O)[nH]c3c2)C1. The fourth-order valence-electron chi connectivity index (χ4n) is 5.26. The Hall–Kier alpha value is -2.86. The second kappa shape index (κ2) is 9.71. The predicted octanol–water partition coefficient (Wildman–Crippen LogP) is 5.94. The van der Waals surface area contributed by atoms with Crippen molar-refractivity contribution in [1.82, 2.24) is 15.2 Å². The highest BCUT2D eigenvalue weighted by atomic mass is 32.1. The molecule has 1 aliphatic carbocycles. The van der Waals surface area contributed by atoms with Gasteiger partial charge in [0.05, 0.1) is 26.8 Å². The molecule has 12 heteroatoms. The van der Waals surface area contributed by atoms with Gasteiger partial charge in [0.1, 0.15) is 0 Å². The van der Waals surface area contributed by atoms with E-state index in [0.717, 1.165) is 40.0 Å². The zero-order chi connectivity index (χ0) is 27.3. The molecule has 204 valence electrons. The van der Waals surface area contributed by atoms with E-state index in [-0.39, 0.29) is 22.4 Å². The number of H-pyrrole nitrogens is 1.